The van der Waals surface area contributed by atoms with Gasteiger partial charge in [0.05, 0.1) is 7.11 Å². The highest BCUT2D eigenvalue weighted by Gasteiger charge is 2.06. The summed E-state index contributed by atoms with van der Waals surface area (Å²) in [7, 11) is 1.48. The molecule has 2 rings (SSSR count). The fourth-order valence-electron chi connectivity index (χ4n) is 1.48. The predicted octanol–water partition coefficient (Wildman–Crippen LogP) is 2.77. The van der Waals surface area contributed by atoms with Crippen LogP contribution in [0.2, 0.25) is 0 Å². The van der Waals surface area contributed by atoms with Crippen LogP contribution in [0.3, 0.4) is 0 Å². The second-order valence-electron chi connectivity index (χ2n) is 3.39. The van der Waals surface area contributed by atoms with E-state index in [0.717, 1.165) is 0 Å². The van der Waals surface area contributed by atoms with Crippen LogP contribution in [0, 0.1) is 17.1 Å². The summed E-state index contributed by atoms with van der Waals surface area (Å²) in [6.45, 7) is 0. The summed E-state index contributed by atoms with van der Waals surface area (Å²) < 4.78 is 18.7. The van der Waals surface area contributed by atoms with Gasteiger partial charge in [-0.25, -0.2) is 9.37 Å². The van der Waals surface area contributed by atoms with Gasteiger partial charge in [0.15, 0.2) is 0 Å². The van der Waals surface area contributed by atoms with E-state index in [1.807, 2.05) is 6.07 Å². The van der Waals surface area contributed by atoms with Gasteiger partial charge >= 0.3 is 0 Å². The molecular formula is C13H9FN2O. The Balaban J connectivity index is 2.42. The van der Waals surface area contributed by atoms with Gasteiger partial charge in [-0.15, -0.1) is 0 Å². The first kappa shape index (κ1) is 11.1. The third kappa shape index (κ3) is 2.23. The molecule has 17 heavy (non-hydrogen) atoms. The van der Waals surface area contributed by atoms with E-state index in [4.69, 9.17) is 10.00 Å². The van der Waals surface area contributed by atoms with Crippen molar-refractivity contribution in [2.75, 3.05) is 7.11 Å². The molecule has 84 valence electrons. The number of nitriles is 1. The number of aromatic nitrogens is 1. The monoisotopic (exact) mass is 228 g/mol. The third-order valence-electron chi connectivity index (χ3n) is 2.37. The Kier molecular flexibility index (Phi) is 3.01. The molecular weight excluding hydrogens is 219 g/mol. The molecule has 0 saturated carbocycles. The fraction of sp³-hybridized carbons (Fsp3) is 0.0769. The second kappa shape index (κ2) is 4.62. The molecule has 0 radical (unpaired) electrons. The Morgan fingerprint density at radius 2 is 2.12 bits per heavy atom. The van der Waals surface area contributed by atoms with Crippen LogP contribution in [-0.4, -0.2) is 12.1 Å². The van der Waals surface area contributed by atoms with Gasteiger partial charge in [-0.05, 0) is 24.3 Å². The van der Waals surface area contributed by atoms with Crippen LogP contribution in [0.4, 0.5) is 4.39 Å². The quantitative estimate of drug-likeness (QED) is 0.793. The zero-order valence-electron chi connectivity index (χ0n) is 9.14. The van der Waals surface area contributed by atoms with Crippen molar-refractivity contribution in [3.63, 3.8) is 0 Å². The minimum atomic E-state index is -0.379. The lowest BCUT2D eigenvalue weighted by atomic mass is 10.1. The molecule has 3 nitrogen and oxygen atoms in total. The minimum Gasteiger partial charge on any atom is -0.497 e. The molecule has 0 aliphatic carbocycles. The van der Waals surface area contributed by atoms with Crippen LogP contribution in [0.1, 0.15) is 5.69 Å². The maximum Gasteiger partial charge on any atom is 0.140 e. The summed E-state index contributed by atoms with van der Waals surface area (Å²) in [5.74, 6) is 0.0868. The van der Waals surface area contributed by atoms with E-state index in [-0.39, 0.29) is 5.82 Å². The number of halogens is 1. The van der Waals surface area contributed by atoms with E-state index in [2.05, 4.69) is 4.98 Å². The van der Waals surface area contributed by atoms with Crippen molar-refractivity contribution in [1.29, 1.82) is 5.26 Å². The molecule has 0 aliphatic heterocycles. The first-order valence-corrected chi connectivity index (χ1v) is 4.94. The number of pyridine rings is 1. The number of hydrogen-bond donors (Lipinski definition) is 0. The van der Waals surface area contributed by atoms with E-state index in [1.165, 1.54) is 19.4 Å². The van der Waals surface area contributed by atoms with Gasteiger partial charge in [0, 0.05) is 23.4 Å². The van der Waals surface area contributed by atoms with Gasteiger partial charge in [0.1, 0.15) is 23.3 Å². The molecule has 0 amide bonds. The zero-order valence-corrected chi connectivity index (χ0v) is 9.14. The zero-order chi connectivity index (χ0) is 12.3. The first-order chi connectivity index (χ1) is 8.24. The Bertz CT molecular complexity index is 573. The number of benzene rings is 1. The summed E-state index contributed by atoms with van der Waals surface area (Å²) in [6, 6.07) is 9.74. The predicted molar refractivity (Wildman–Crippen MR) is 60.9 cm³/mol. The molecule has 1 aromatic carbocycles. The lowest BCUT2D eigenvalue weighted by Crippen LogP contribution is -1.89. The van der Waals surface area contributed by atoms with Gasteiger partial charge in [-0.3, -0.25) is 0 Å². The Labute approximate surface area is 98.1 Å². The average Bonchev–Trinajstić information content (AvgIpc) is 2.39. The van der Waals surface area contributed by atoms with Gasteiger partial charge in [-0.2, -0.15) is 5.26 Å². The fourth-order valence-corrected chi connectivity index (χ4v) is 1.48. The molecule has 0 spiro atoms. The number of hydrogen-bond acceptors (Lipinski definition) is 3. The van der Waals surface area contributed by atoms with Gasteiger partial charge in [-0.1, -0.05) is 0 Å². The highest BCUT2D eigenvalue weighted by Crippen LogP contribution is 2.25. The molecule has 2 aromatic rings. The Hall–Kier alpha value is -2.41. The van der Waals surface area contributed by atoms with Crippen LogP contribution >= 0.6 is 0 Å². The van der Waals surface area contributed by atoms with Crippen molar-refractivity contribution >= 4 is 0 Å². The van der Waals surface area contributed by atoms with E-state index in [0.29, 0.717) is 22.6 Å². The molecule has 0 saturated heterocycles. The lowest BCUT2D eigenvalue weighted by Gasteiger charge is -2.05. The Morgan fingerprint density at radius 3 is 2.65 bits per heavy atom. The number of nitrogens with zero attached hydrogens (tertiary/aromatic N) is 2. The van der Waals surface area contributed by atoms with Crippen molar-refractivity contribution < 1.29 is 9.13 Å². The van der Waals surface area contributed by atoms with E-state index in [1.54, 1.807) is 24.3 Å². The van der Waals surface area contributed by atoms with Crippen LogP contribution in [0.25, 0.3) is 11.1 Å². The van der Waals surface area contributed by atoms with Crippen LogP contribution in [-0.2, 0) is 0 Å². The maximum atomic E-state index is 13.7. The van der Waals surface area contributed by atoms with Crippen molar-refractivity contribution in [3.05, 3.63) is 48.0 Å². The van der Waals surface area contributed by atoms with Crippen LogP contribution < -0.4 is 4.74 Å². The maximum absolute atomic E-state index is 13.7. The number of methoxy groups -OCH3 is 1. The number of ether oxygens (including phenoxy) is 1. The highest BCUT2D eigenvalue weighted by atomic mass is 19.1. The van der Waals surface area contributed by atoms with Gasteiger partial charge in [0.25, 0.3) is 0 Å². The number of rotatable bonds is 2. The smallest absolute Gasteiger partial charge is 0.140 e. The normalized spacial score (nSPS) is 9.71. The molecule has 0 fully saturated rings. The first-order valence-electron chi connectivity index (χ1n) is 4.94. The SMILES string of the molecule is COc1ccc(-c2ccc(C#N)nc2)c(F)c1. The molecule has 1 aromatic heterocycles. The topological polar surface area (TPSA) is 45.9 Å². The second-order valence-corrected chi connectivity index (χ2v) is 3.39. The summed E-state index contributed by atoms with van der Waals surface area (Å²) in [5.41, 5.74) is 1.37. The molecule has 0 bridgehead atoms. The van der Waals surface area contributed by atoms with Crippen LogP contribution in [0.5, 0.6) is 5.75 Å². The molecule has 0 aliphatic rings. The van der Waals surface area contributed by atoms with Crippen LogP contribution in [0.15, 0.2) is 36.5 Å². The summed E-state index contributed by atoms with van der Waals surface area (Å²) in [4.78, 5) is 3.90. The molecule has 1 heterocycles. The van der Waals surface area contributed by atoms with Crippen molar-refractivity contribution in [3.8, 4) is 22.9 Å². The highest BCUT2D eigenvalue weighted by molar-refractivity contribution is 5.64. The third-order valence-corrected chi connectivity index (χ3v) is 2.37. The average molecular weight is 228 g/mol. The van der Waals surface area contributed by atoms with Gasteiger partial charge in [0.2, 0.25) is 0 Å². The molecule has 0 N–H and O–H groups in total. The summed E-state index contributed by atoms with van der Waals surface area (Å²) in [6.07, 6.45) is 1.48. The van der Waals surface area contributed by atoms with E-state index in [9.17, 15) is 4.39 Å². The van der Waals surface area contributed by atoms with Crippen molar-refractivity contribution in [2.45, 2.75) is 0 Å². The van der Waals surface area contributed by atoms with E-state index < -0.39 is 0 Å². The molecule has 4 heteroatoms. The van der Waals surface area contributed by atoms with Gasteiger partial charge < -0.3 is 4.74 Å². The largest absolute Gasteiger partial charge is 0.497 e. The Morgan fingerprint density at radius 1 is 1.29 bits per heavy atom. The van der Waals surface area contributed by atoms with E-state index >= 15 is 0 Å². The molecule has 0 atom stereocenters. The standard InChI is InChI=1S/C13H9FN2O/c1-17-11-4-5-12(13(14)6-11)9-2-3-10(7-15)16-8-9/h2-6,8H,1H3. The van der Waals surface area contributed by atoms with Crippen molar-refractivity contribution in [2.24, 2.45) is 0 Å². The lowest BCUT2D eigenvalue weighted by molar-refractivity contribution is 0.411. The van der Waals surface area contributed by atoms with Crippen molar-refractivity contribution in [1.82, 2.24) is 4.98 Å². The molecule has 0 unspecified atom stereocenters. The summed E-state index contributed by atoms with van der Waals surface area (Å²) in [5, 5.41) is 8.62. The minimum absolute atomic E-state index is 0.308. The summed E-state index contributed by atoms with van der Waals surface area (Å²) >= 11 is 0.